The van der Waals surface area contributed by atoms with Crippen molar-refractivity contribution >= 4 is 17.3 Å². The standard InChI is InChI=1S/C20H18FN5O3S/c1-12(2)10-16-22-17(29-25-16)11-28-20(27)18-23-19(15-4-3-9-30-15)26(24-18)14-7-5-13(21)6-8-14/h3-9,12H,10-11H2,1-2H3. The van der Waals surface area contributed by atoms with Gasteiger partial charge in [-0.15, -0.1) is 16.4 Å². The zero-order valence-corrected chi connectivity index (χ0v) is 17.1. The average Bonchev–Trinajstić information content (AvgIpc) is 3.46. The van der Waals surface area contributed by atoms with Crippen LogP contribution in [-0.4, -0.2) is 30.9 Å². The van der Waals surface area contributed by atoms with E-state index in [0.29, 0.717) is 29.7 Å². The molecule has 1 aromatic carbocycles. The van der Waals surface area contributed by atoms with Gasteiger partial charge in [-0.1, -0.05) is 25.1 Å². The molecule has 0 N–H and O–H groups in total. The molecule has 4 aromatic rings. The van der Waals surface area contributed by atoms with Crippen molar-refractivity contribution in [3.63, 3.8) is 0 Å². The largest absolute Gasteiger partial charge is 0.450 e. The van der Waals surface area contributed by atoms with Gasteiger partial charge in [0.2, 0.25) is 0 Å². The zero-order valence-electron chi connectivity index (χ0n) is 16.3. The number of thiophene rings is 1. The van der Waals surface area contributed by atoms with Gasteiger partial charge in [0.25, 0.3) is 11.7 Å². The molecule has 0 radical (unpaired) electrons. The van der Waals surface area contributed by atoms with Crippen molar-refractivity contribution in [2.75, 3.05) is 0 Å². The number of benzene rings is 1. The highest BCUT2D eigenvalue weighted by Gasteiger charge is 2.21. The van der Waals surface area contributed by atoms with Crippen molar-refractivity contribution in [3.05, 3.63) is 65.1 Å². The van der Waals surface area contributed by atoms with Gasteiger partial charge in [0.1, 0.15) is 5.82 Å². The van der Waals surface area contributed by atoms with Crippen molar-refractivity contribution < 1.29 is 18.4 Å². The van der Waals surface area contributed by atoms with Gasteiger partial charge in [0.05, 0.1) is 10.6 Å². The van der Waals surface area contributed by atoms with Gasteiger partial charge in [-0.2, -0.15) is 9.97 Å². The number of aromatic nitrogens is 5. The molecule has 3 aromatic heterocycles. The predicted molar refractivity (Wildman–Crippen MR) is 107 cm³/mol. The Hall–Kier alpha value is -3.40. The number of halogens is 1. The van der Waals surface area contributed by atoms with Crippen molar-refractivity contribution in [2.24, 2.45) is 5.92 Å². The molecule has 0 aliphatic rings. The molecule has 0 bridgehead atoms. The number of hydrogen-bond donors (Lipinski definition) is 0. The van der Waals surface area contributed by atoms with Crippen molar-refractivity contribution in [1.82, 2.24) is 24.9 Å². The van der Waals surface area contributed by atoms with E-state index in [-0.39, 0.29) is 24.1 Å². The van der Waals surface area contributed by atoms with Gasteiger partial charge >= 0.3 is 5.97 Å². The third-order valence-corrected chi connectivity index (χ3v) is 4.90. The Kier molecular flexibility index (Phi) is 5.66. The van der Waals surface area contributed by atoms with Crippen LogP contribution in [0.4, 0.5) is 4.39 Å². The monoisotopic (exact) mass is 427 g/mol. The van der Waals surface area contributed by atoms with E-state index in [1.807, 2.05) is 31.4 Å². The van der Waals surface area contributed by atoms with Gasteiger partial charge in [-0.3, -0.25) is 0 Å². The second-order valence-electron chi connectivity index (χ2n) is 6.90. The lowest BCUT2D eigenvalue weighted by atomic mass is 10.1. The highest BCUT2D eigenvalue weighted by molar-refractivity contribution is 7.13. The minimum Gasteiger partial charge on any atom is -0.450 e. The topological polar surface area (TPSA) is 95.9 Å². The number of esters is 1. The molecular formula is C20H18FN5O3S. The van der Waals surface area contributed by atoms with Gasteiger partial charge in [-0.05, 0) is 41.6 Å². The van der Waals surface area contributed by atoms with Crippen LogP contribution in [0, 0.1) is 11.7 Å². The fourth-order valence-corrected chi connectivity index (χ4v) is 3.41. The van der Waals surface area contributed by atoms with Crippen LogP contribution < -0.4 is 0 Å². The number of hydrogen-bond acceptors (Lipinski definition) is 8. The lowest BCUT2D eigenvalue weighted by molar-refractivity contribution is 0.0415. The molecule has 10 heteroatoms. The van der Waals surface area contributed by atoms with Crippen molar-refractivity contribution in [2.45, 2.75) is 26.9 Å². The molecule has 0 unspecified atom stereocenters. The van der Waals surface area contributed by atoms with Crippen LogP contribution in [-0.2, 0) is 17.8 Å². The fourth-order valence-electron chi connectivity index (χ4n) is 2.71. The zero-order chi connectivity index (χ0) is 21.1. The molecule has 8 nitrogen and oxygen atoms in total. The molecule has 0 aliphatic carbocycles. The van der Waals surface area contributed by atoms with E-state index in [2.05, 4.69) is 20.2 Å². The normalized spacial score (nSPS) is 11.2. The highest BCUT2D eigenvalue weighted by atomic mass is 32.1. The van der Waals surface area contributed by atoms with Crippen LogP contribution in [0.5, 0.6) is 0 Å². The van der Waals surface area contributed by atoms with Crippen LogP contribution in [0.15, 0.2) is 46.3 Å². The van der Waals surface area contributed by atoms with E-state index in [9.17, 15) is 9.18 Å². The summed E-state index contributed by atoms with van der Waals surface area (Å²) < 4.78 is 25.1. The Balaban J connectivity index is 1.55. The van der Waals surface area contributed by atoms with Crippen LogP contribution in [0.2, 0.25) is 0 Å². The molecule has 154 valence electrons. The van der Waals surface area contributed by atoms with E-state index in [4.69, 9.17) is 9.26 Å². The van der Waals surface area contributed by atoms with Crippen LogP contribution in [0.25, 0.3) is 16.4 Å². The number of carbonyl (C=O) groups excluding carboxylic acids is 1. The first-order valence-corrected chi connectivity index (χ1v) is 10.1. The number of nitrogens with zero attached hydrogens (tertiary/aromatic N) is 5. The van der Waals surface area contributed by atoms with E-state index < -0.39 is 5.97 Å². The predicted octanol–water partition coefficient (Wildman–Crippen LogP) is 4.07. The maximum absolute atomic E-state index is 13.3. The second kappa shape index (κ2) is 8.54. The molecule has 3 heterocycles. The summed E-state index contributed by atoms with van der Waals surface area (Å²) in [5.74, 6) is 0.397. The molecule has 4 rings (SSSR count). The molecule has 0 spiro atoms. The third-order valence-electron chi connectivity index (χ3n) is 4.03. The van der Waals surface area contributed by atoms with Crippen molar-refractivity contribution in [1.29, 1.82) is 0 Å². The minimum atomic E-state index is -0.725. The minimum absolute atomic E-state index is 0.121. The van der Waals surface area contributed by atoms with Gasteiger partial charge in [0, 0.05) is 6.42 Å². The summed E-state index contributed by atoms with van der Waals surface area (Å²) in [6.07, 6.45) is 0.672. The Labute approximate surface area is 175 Å². The first kappa shape index (κ1) is 19.9. The first-order valence-electron chi connectivity index (χ1n) is 9.25. The summed E-state index contributed by atoms with van der Waals surface area (Å²) in [5.41, 5.74) is 0.571. The summed E-state index contributed by atoms with van der Waals surface area (Å²) in [7, 11) is 0. The Bertz CT molecular complexity index is 1140. The van der Waals surface area contributed by atoms with Gasteiger partial charge < -0.3 is 9.26 Å². The van der Waals surface area contributed by atoms with Crippen molar-refractivity contribution in [3.8, 4) is 16.4 Å². The SMILES string of the molecule is CC(C)Cc1noc(COC(=O)c2nc(-c3cccs3)n(-c3ccc(F)cc3)n2)n1. The maximum atomic E-state index is 13.3. The van der Waals surface area contributed by atoms with E-state index >= 15 is 0 Å². The molecule has 0 aliphatic heterocycles. The summed E-state index contributed by atoms with van der Waals surface area (Å²) in [4.78, 5) is 21.9. The maximum Gasteiger partial charge on any atom is 0.378 e. The van der Waals surface area contributed by atoms with E-state index in [1.54, 1.807) is 12.1 Å². The van der Waals surface area contributed by atoms with E-state index in [0.717, 1.165) is 4.88 Å². The van der Waals surface area contributed by atoms with Gasteiger partial charge in [0.15, 0.2) is 18.3 Å². The first-order chi connectivity index (χ1) is 14.5. The van der Waals surface area contributed by atoms with Crippen LogP contribution in [0.3, 0.4) is 0 Å². The second-order valence-corrected chi connectivity index (χ2v) is 7.85. The van der Waals surface area contributed by atoms with Crippen LogP contribution >= 0.6 is 11.3 Å². The summed E-state index contributed by atoms with van der Waals surface area (Å²) in [6.45, 7) is 3.91. The third kappa shape index (κ3) is 4.43. The summed E-state index contributed by atoms with van der Waals surface area (Å²) in [5, 5.41) is 10.0. The Morgan fingerprint density at radius 1 is 1.23 bits per heavy atom. The van der Waals surface area contributed by atoms with E-state index in [1.165, 1.54) is 28.2 Å². The summed E-state index contributed by atoms with van der Waals surface area (Å²) >= 11 is 1.45. The smallest absolute Gasteiger partial charge is 0.378 e. The Morgan fingerprint density at radius 2 is 2.03 bits per heavy atom. The molecule has 30 heavy (non-hydrogen) atoms. The molecule has 0 fully saturated rings. The average molecular weight is 427 g/mol. The summed E-state index contributed by atoms with van der Waals surface area (Å²) in [6, 6.07) is 9.48. The molecule has 0 amide bonds. The quantitative estimate of drug-likeness (QED) is 0.410. The lowest BCUT2D eigenvalue weighted by Crippen LogP contribution is -2.08. The molecule has 0 saturated carbocycles. The molecule has 0 saturated heterocycles. The number of carbonyl (C=O) groups is 1. The lowest BCUT2D eigenvalue weighted by Gasteiger charge is -2.03. The molecular weight excluding hydrogens is 409 g/mol. The number of ether oxygens (including phenoxy) is 1. The van der Waals surface area contributed by atoms with Crippen LogP contribution in [0.1, 0.15) is 36.2 Å². The molecule has 0 atom stereocenters. The Morgan fingerprint density at radius 3 is 2.73 bits per heavy atom. The fraction of sp³-hybridized carbons (Fsp3) is 0.250. The van der Waals surface area contributed by atoms with Gasteiger partial charge in [-0.25, -0.2) is 13.9 Å². The highest BCUT2D eigenvalue weighted by Crippen LogP contribution is 2.26. The number of rotatable bonds is 7.